The molecule has 3 N–H and O–H groups in total. The highest BCUT2D eigenvalue weighted by molar-refractivity contribution is 4.67. The van der Waals surface area contributed by atoms with Crippen molar-refractivity contribution < 1.29 is 0 Å². The molecule has 2 unspecified atom stereocenters. The highest BCUT2D eigenvalue weighted by Crippen LogP contribution is 2.01. The number of nitrogens with two attached hydrogens (primary N) is 1. The molecule has 2 heteroatoms. The van der Waals surface area contributed by atoms with Crippen LogP contribution in [0.15, 0.2) is 0 Å². The van der Waals surface area contributed by atoms with E-state index in [1.165, 1.54) is 6.42 Å². The van der Waals surface area contributed by atoms with Crippen LogP contribution in [0.25, 0.3) is 0 Å². The molecule has 0 saturated carbocycles. The number of nitrogens with one attached hydrogen (secondary N) is 1. The highest BCUT2D eigenvalue weighted by Gasteiger charge is 2.04. The zero-order chi connectivity index (χ0) is 7.98. The van der Waals surface area contributed by atoms with Gasteiger partial charge in [0, 0.05) is 12.1 Å². The Bertz CT molecular complexity index is 73.7. The maximum atomic E-state index is 5.82. The van der Waals surface area contributed by atoms with Crippen molar-refractivity contribution in [1.82, 2.24) is 5.32 Å². The maximum Gasteiger partial charge on any atom is 0.00534 e. The first kappa shape index (κ1) is 9.92. The third kappa shape index (κ3) is 4.77. The lowest BCUT2D eigenvalue weighted by Crippen LogP contribution is -2.31. The summed E-state index contributed by atoms with van der Waals surface area (Å²) in [6.07, 6.45) is 3.42. The monoisotopic (exact) mass is 144 g/mol. The first-order chi connectivity index (χ1) is 4.70. The van der Waals surface area contributed by atoms with Gasteiger partial charge in [0.2, 0.25) is 0 Å². The molecule has 0 spiro atoms. The second-order valence-electron chi connectivity index (χ2n) is 2.97. The van der Waals surface area contributed by atoms with Gasteiger partial charge in [-0.2, -0.15) is 0 Å². The largest absolute Gasteiger partial charge is 0.328 e. The molecule has 62 valence electrons. The van der Waals surface area contributed by atoms with Gasteiger partial charge in [0.1, 0.15) is 0 Å². The van der Waals surface area contributed by atoms with Gasteiger partial charge in [-0.15, -0.1) is 0 Å². The standard InChI is InChI=1S/C8H20N2/c1-4-5-8(9)6-7(2)10-3/h7-8,10H,4-6,9H2,1-3H3. The van der Waals surface area contributed by atoms with E-state index in [9.17, 15) is 0 Å². The molecule has 0 heterocycles. The Labute approximate surface area is 64.2 Å². The van der Waals surface area contributed by atoms with Crippen LogP contribution < -0.4 is 11.1 Å². The average molecular weight is 144 g/mol. The second kappa shape index (κ2) is 5.69. The Balaban J connectivity index is 3.27. The lowest BCUT2D eigenvalue weighted by Gasteiger charge is -2.15. The van der Waals surface area contributed by atoms with Crippen molar-refractivity contribution in [2.24, 2.45) is 5.73 Å². The summed E-state index contributed by atoms with van der Waals surface area (Å²) >= 11 is 0. The van der Waals surface area contributed by atoms with Gasteiger partial charge in [-0.25, -0.2) is 0 Å². The maximum absolute atomic E-state index is 5.82. The Kier molecular flexibility index (Phi) is 5.64. The third-order valence-corrected chi connectivity index (χ3v) is 1.81. The molecule has 0 aliphatic heterocycles. The highest BCUT2D eigenvalue weighted by atomic mass is 14.9. The van der Waals surface area contributed by atoms with E-state index < -0.39 is 0 Å². The summed E-state index contributed by atoms with van der Waals surface area (Å²) in [5.74, 6) is 0. The van der Waals surface area contributed by atoms with E-state index >= 15 is 0 Å². The summed E-state index contributed by atoms with van der Waals surface area (Å²) < 4.78 is 0. The normalized spacial score (nSPS) is 16.8. The zero-order valence-electron chi connectivity index (χ0n) is 7.35. The van der Waals surface area contributed by atoms with Crippen molar-refractivity contribution in [2.75, 3.05) is 7.05 Å². The zero-order valence-corrected chi connectivity index (χ0v) is 7.35. The summed E-state index contributed by atoms with van der Waals surface area (Å²) in [5, 5.41) is 3.17. The molecule has 0 amide bonds. The average Bonchev–Trinajstić information content (AvgIpc) is 1.88. The van der Waals surface area contributed by atoms with E-state index in [1.54, 1.807) is 0 Å². The van der Waals surface area contributed by atoms with Crippen LogP contribution in [0.4, 0.5) is 0 Å². The van der Waals surface area contributed by atoms with Crippen LogP contribution in [0, 0.1) is 0 Å². The minimum absolute atomic E-state index is 0.382. The summed E-state index contributed by atoms with van der Waals surface area (Å²) in [6, 6.07) is 0.939. The van der Waals surface area contributed by atoms with Crippen LogP contribution in [-0.4, -0.2) is 19.1 Å². The number of rotatable bonds is 5. The minimum atomic E-state index is 0.382. The quantitative estimate of drug-likeness (QED) is 0.606. The van der Waals surface area contributed by atoms with E-state index in [4.69, 9.17) is 5.73 Å². The molecule has 10 heavy (non-hydrogen) atoms. The minimum Gasteiger partial charge on any atom is -0.328 e. The van der Waals surface area contributed by atoms with E-state index in [-0.39, 0.29) is 0 Å². The van der Waals surface area contributed by atoms with Crippen molar-refractivity contribution in [2.45, 2.75) is 45.2 Å². The van der Waals surface area contributed by atoms with Crippen LogP contribution in [0.2, 0.25) is 0 Å². The SMILES string of the molecule is CCCC(N)CC(C)NC. The van der Waals surface area contributed by atoms with Crippen LogP contribution in [0.5, 0.6) is 0 Å². The Morgan fingerprint density at radius 1 is 1.50 bits per heavy atom. The molecule has 0 rings (SSSR count). The number of hydrogen-bond acceptors (Lipinski definition) is 2. The van der Waals surface area contributed by atoms with Crippen molar-refractivity contribution >= 4 is 0 Å². The molecule has 0 aliphatic rings. The van der Waals surface area contributed by atoms with Crippen LogP contribution in [-0.2, 0) is 0 Å². The van der Waals surface area contributed by atoms with Gasteiger partial charge in [-0.1, -0.05) is 13.3 Å². The lowest BCUT2D eigenvalue weighted by molar-refractivity contribution is 0.470. The first-order valence-electron chi connectivity index (χ1n) is 4.13. The molecule has 2 atom stereocenters. The smallest absolute Gasteiger partial charge is 0.00534 e. The third-order valence-electron chi connectivity index (χ3n) is 1.81. The summed E-state index contributed by atoms with van der Waals surface area (Å²) in [6.45, 7) is 4.33. The molecule has 0 aliphatic carbocycles. The topological polar surface area (TPSA) is 38.0 Å². The van der Waals surface area contributed by atoms with Gasteiger partial charge in [0.05, 0.1) is 0 Å². The molecule has 2 nitrogen and oxygen atoms in total. The molecule has 0 aromatic rings. The molecule has 0 aromatic heterocycles. The molecule has 0 aromatic carbocycles. The molecular formula is C8H20N2. The van der Waals surface area contributed by atoms with Crippen molar-refractivity contribution in [1.29, 1.82) is 0 Å². The molecule has 0 fully saturated rings. The summed E-state index contributed by atoms with van der Waals surface area (Å²) in [5.41, 5.74) is 5.82. The van der Waals surface area contributed by atoms with Gasteiger partial charge in [-0.3, -0.25) is 0 Å². The molecule has 0 bridgehead atoms. The van der Waals surface area contributed by atoms with Gasteiger partial charge >= 0.3 is 0 Å². The Hall–Kier alpha value is -0.0800. The Morgan fingerprint density at radius 2 is 2.10 bits per heavy atom. The molecule has 0 radical (unpaired) electrons. The van der Waals surface area contributed by atoms with Crippen molar-refractivity contribution in [3.63, 3.8) is 0 Å². The summed E-state index contributed by atoms with van der Waals surface area (Å²) in [4.78, 5) is 0. The fraction of sp³-hybridized carbons (Fsp3) is 1.00. The molecular weight excluding hydrogens is 124 g/mol. The van der Waals surface area contributed by atoms with Gasteiger partial charge < -0.3 is 11.1 Å². The van der Waals surface area contributed by atoms with E-state index in [0.717, 1.165) is 12.8 Å². The van der Waals surface area contributed by atoms with Gasteiger partial charge in [0.25, 0.3) is 0 Å². The van der Waals surface area contributed by atoms with Gasteiger partial charge in [0.15, 0.2) is 0 Å². The van der Waals surface area contributed by atoms with Crippen LogP contribution in [0.1, 0.15) is 33.1 Å². The Morgan fingerprint density at radius 3 is 2.50 bits per heavy atom. The van der Waals surface area contributed by atoms with E-state index in [0.29, 0.717) is 12.1 Å². The van der Waals surface area contributed by atoms with E-state index in [1.807, 2.05) is 7.05 Å². The molecule has 0 saturated heterocycles. The van der Waals surface area contributed by atoms with Crippen LogP contribution >= 0.6 is 0 Å². The van der Waals surface area contributed by atoms with Crippen molar-refractivity contribution in [3.8, 4) is 0 Å². The second-order valence-corrected chi connectivity index (χ2v) is 2.97. The fourth-order valence-corrected chi connectivity index (χ4v) is 1.06. The lowest BCUT2D eigenvalue weighted by atomic mass is 10.1. The fourth-order valence-electron chi connectivity index (χ4n) is 1.06. The summed E-state index contributed by atoms with van der Waals surface area (Å²) in [7, 11) is 1.98. The predicted molar refractivity (Wildman–Crippen MR) is 46.0 cm³/mol. The number of hydrogen-bond donors (Lipinski definition) is 2. The first-order valence-corrected chi connectivity index (χ1v) is 4.13. The van der Waals surface area contributed by atoms with Gasteiger partial charge in [-0.05, 0) is 26.8 Å². The van der Waals surface area contributed by atoms with Crippen molar-refractivity contribution in [3.05, 3.63) is 0 Å². The predicted octanol–water partition coefficient (Wildman–Crippen LogP) is 1.11. The van der Waals surface area contributed by atoms with Crippen LogP contribution in [0.3, 0.4) is 0 Å². The van der Waals surface area contributed by atoms with E-state index in [2.05, 4.69) is 19.2 Å².